The molecular weight excluding hydrogens is 293 g/mol. The monoisotopic (exact) mass is 306 g/mol. The average Bonchev–Trinajstić information content (AvgIpc) is 2.39. The molecule has 1 aromatic rings. The Morgan fingerprint density at radius 2 is 1.80 bits per heavy atom. The van der Waals surface area contributed by atoms with Gasteiger partial charge in [0.15, 0.2) is 0 Å². The molecule has 110 valence electrons. The summed E-state index contributed by atoms with van der Waals surface area (Å²) in [5.74, 6) is 6.87. The molecule has 0 aliphatic rings. The van der Waals surface area contributed by atoms with Crippen LogP contribution in [-0.2, 0) is 4.74 Å². The third-order valence-electron chi connectivity index (χ3n) is 2.07. The Balaban J connectivity index is 2.27. The third kappa shape index (κ3) is 7.93. The van der Waals surface area contributed by atoms with Crippen LogP contribution >= 0.6 is 11.6 Å². The molecule has 0 aliphatic carbocycles. The van der Waals surface area contributed by atoms with Crippen molar-refractivity contribution >= 4 is 11.6 Å². The molecule has 0 fully saturated rings. The van der Waals surface area contributed by atoms with Gasteiger partial charge in [0.1, 0.15) is 19.0 Å². The first-order chi connectivity index (χ1) is 9.51. The Bertz CT molecular complexity index is 446. The van der Waals surface area contributed by atoms with Gasteiger partial charge in [-0.1, -0.05) is 11.8 Å². The van der Waals surface area contributed by atoms with Crippen molar-refractivity contribution in [1.82, 2.24) is 0 Å². The van der Waals surface area contributed by atoms with Crippen LogP contribution in [-0.4, -0.2) is 31.9 Å². The van der Waals surface area contributed by atoms with E-state index in [1.54, 1.807) is 24.3 Å². The lowest BCUT2D eigenvalue weighted by molar-refractivity contribution is -0.175. The van der Waals surface area contributed by atoms with Crippen LogP contribution in [0.15, 0.2) is 24.3 Å². The van der Waals surface area contributed by atoms with Crippen LogP contribution in [0.4, 0.5) is 13.2 Å². The van der Waals surface area contributed by atoms with E-state index in [0.29, 0.717) is 18.1 Å². The van der Waals surface area contributed by atoms with Gasteiger partial charge in [0.05, 0.1) is 6.61 Å². The van der Waals surface area contributed by atoms with Crippen molar-refractivity contribution in [2.45, 2.75) is 12.6 Å². The second kappa shape index (κ2) is 8.72. The number of benzene rings is 1. The highest BCUT2D eigenvalue weighted by Crippen LogP contribution is 2.14. The Kier molecular flexibility index (Phi) is 7.27. The predicted molar refractivity (Wildman–Crippen MR) is 71.0 cm³/mol. The van der Waals surface area contributed by atoms with Crippen LogP contribution < -0.4 is 4.74 Å². The molecule has 0 atom stereocenters. The highest BCUT2D eigenvalue weighted by molar-refractivity contribution is 6.18. The van der Waals surface area contributed by atoms with Crippen LogP contribution in [0.1, 0.15) is 12.0 Å². The minimum absolute atomic E-state index is 0.0629. The van der Waals surface area contributed by atoms with Crippen LogP contribution in [0, 0.1) is 11.8 Å². The molecule has 6 heteroatoms. The second-order valence-electron chi connectivity index (χ2n) is 3.78. The number of hydrogen-bond acceptors (Lipinski definition) is 2. The summed E-state index contributed by atoms with van der Waals surface area (Å²) in [7, 11) is 0. The number of alkyl halides is 4. The van der Waals surface area contributed by atoms with E-state index in [4.69, 9.17) is 16.3 Å². The van der Waals surface area contributed by atoms with Crippen LogP contribution in [0.25, 0.3) is 0 Å². The van der Waals surface area contributed by atoms with E-state index in [-0.39, 0.29) is 13.2 Å². The summed E-state index contributed by atoms with van der Waals surface area (Å²) in [5.41, 5.74) is 0.829. The summed E-state index contributed by atoms with van der Waals surface area (Å²) in [5, 5.41) is 0. The van der Waals surface area contributed by atoms with Crippen LogP contribution in [0.5, 0.6) is 5.75 Å². The first-order valence-corrected chi connectivity index (χ1v) is 6.47. The molecule has 0 saturated carbocycles. The molecule has 0 N–H and O–H groups in total. The maximum atomic E-state index is 11.8. The molecule has 0 radical (unpaired) electrons. The first-order valence-electron chi connectivity index (χ1n) is 5.93. The second-order valence-corrected chi connectivity index (χ2v) is 4.16. The van der Waals surface area contributed by atoms with E-state index in [1.807, 2.05) is 0 Å². The summed E-state index contributed by atoms with van der Waals surface area (Å²) < 4.78 is 45.0. The van der Waals surface area contributed by atoms with Gasteiger partial charge in [-0.3, -0.25) is 0 Å². The molecule has 0 heterocycles. The molecule has 1 rings (SSSR count). The smallest absolute Gasteiger partial charge is 0.411 e. The maximum Gasteiger partial charge on any atom is 0.411 e. The highest BCUT2D eigenvalue weighted by Gasteiger charge is 2.27. The van der Waals surface area contributed by atoms with Gasteiger partial charge in [-0.25, -0.2) is 0 Å². The Morgan fingerprint density at radius 3 is 2.40 bits per heavy atom. The summed E-state index contributed by atoms with van der Waals surface area (Å²) in [6, 6.07) is 6.95. The summed E-state index contributed by atoms with van der Waals surface area (Å²) >= 11 is 5.50. The van der Waals surface area contributed by atoms with Crippen molar-refractivity contribution in [3.8, 4) is 17.6 Å². The van der Waals surface area contributed by atoms with Crippen molar-refractivity contribution < 1.29 is 22.6 Å². The fourth-order valence-corrected chi connectivity index (χ4v) is 1.35. The molecule has 0 aliphatic heterocycles. The number of hydrogen-bond donors (Lipinski definition) is 0. The lowest BCUT2D eigenvalue weighted by Gasteiger charge is -2.09. The highest BCUT2D eigenvalue weighted by atomic mass is 35.5. The zero-order valence-corrected chi connectivity index (χ0v) is 11.4. The van der Waals surface area contributed by atoms with E-state index in [9.17, 15) is 13.2 Å². The Morgan fingerprint density at radius 1 is 1.10 bits per heavy atom. The third-order valence-corrected chi connectivity index (χ3v) is 2.26. The van der Waals surface area contributed by atoms with Gasteiger partial charge in [0.2, 0.25) is 0 Å². The lowest BCUT2D eigenvalue weighted by Crippen LogP contribution is -2.19. The SMILES string of the molecule is FC(F)(F)COCCOc1ccc(C#CCCCl)cc1. The first kappa shape index (κ1) is 16.7. The molecule has 20 heavy (non-hydrogen) atoms. The van der Waals surface area contributed by atoms with Crippen molar-refractivity contribution in [2.75, 3.05) is 25.7 Å². The predicted octanol–water partition coefficient (Wildman–Crippen LogP) is 3.62. The minimum atomic E-state index is -4.30. The summed E-state index contributed by atoms with van der Waals surface area (Å²) in [6.45, 7) is -1.31. The van der Waals surface area contributed by atoms with E-state index in [2.05, 4.69) is 16.6 Å². The number of ether oxygens (including phenoxy) is 2. The average molecular weight is 307 g/mol. The van der Waals surface area contributed by atoms with Gasteiger partial charge in [0.25, 0.3) is 0 Å². The normalized spacial score (nSPS) is 10.8. The Labute approximate surface area is 120 Å². The van der Waals surface area contributed by atoms with Gasteiger partial charge in [-0.15, -0.1) is 11.6 Å². The maximum absolute atomic E-state index is 11.8. The van der Waals surface area contributed by atoms with Gasteiger partial charge < -0.3 is 9.47 Å². The minimum Gasteiger partial charge on any atom is -0.491 e. The van der Waals surface area contributed by atoms with Gasteiger partial charge in [-0.2, -0.15) is 13.2 Å². The molecule has 0 spiro atoms. The van der Waals surface area contributed by atoms with Crippen molar-refractivity contribution in [1.29, 1.82) is 0 Å². The van der Waals surface area contributed by atoms with Crippen LogP contribution in [0.3, 0.4) is 0 Å². The molecule has 0 bridgehead atoms. The number of halogens is 4. The Hall–Kier alpha value is -1.38. The lowest BCUT2D eigenvalue weighted by atomic mass is 10.2. The van der Waals surface area contributed by atoms with E-state index in [1.165, 1.54) is 0 Å². The van der Waals surface area contributed by atoms with E-state index >= 15 is 0 Å². The molecule has 0 amide bonds. The zero-order valence-electron chi connectivity index (χ0n) is 10.7. The van der Waals surface area contributed by atoms with Crippen molar-refractivity contribution in [3.63, 3.8) is 0 Å². The van der Waals surface area contributed by atoms with Crippen molar-refractivity contribution in [3.05, 3.63) is 29.8 Å². The van der Waals surface area contributed by atoms with Gasteiger partial charge in [0, 0.05) is 17.9 Å². The quantitative estimate of drug-likeness (QED) is 0.454. The summed E-state index contributed by atoms with van der Waals surface area (Å²) in [6.07, 6.45) is -3.68. The fourth-order valence-electron chi connectivity index (χ4n) is 1.25. The van der Waals surface area contributed by atoms with Gasteiger partial charge in [-0.05, 0) is 24.3 Å². The molecule has 2 nitrogen and oxygen atoms in total. The van der Waals surface area contributed by atoms with E-state index in [0.717, 1.165) is 5.56 Å². The fraction of sp³-hybridized carbons (Fsp3) is 0.429. The molecule has 0 saturated heterocycles. The zero-order chi connectivity index (χ0) is 14.8. The molecule has 0 aromatic heterocycles. The molecule has 1 aromatic carbocycles. The standard InChI is InChI=1S/C14H14ClF3O2/c15-8-2-1-3-12-4-6-13(7-5-12)20-10-9-19-11-14(16,17)18/h4-7H,2,8-11H2. The van der Waals surface area contributed by atoms with Crippen LogP contribution in [0.2, 0.25) is 0 Å². The summed E-state index contributed by atoms with van der Waals surface area (Å²) in [4.78, 5) is 0. The van der Waals surface area contributed by atoms with Gasteiger partial charge >= 0.3 is 6.18 Å². The number of rotatable bonds is 6. The van der Waals surface area contributed by atoms with Crippen molar-refractivity contribution in [2.24, 2.45) is 0 Å². The molecular formula is C14H14ClF3O2. The molecule has 0 unspecified atom stereocenters. The topological polar surface area (TPSA) is 18.5 Å². The van der Waals surface area contributed by atoms with E-state index < -0.39 is 12.8 Å². The largest absolute Gasteiger partial charge is 0.491 e.